The van der Waals surface area contributed by atoms with Crippen molar-refractivity contribution in [3.8, 4) is 0 Å². The van der Waals surface area contributed by atoms with Crippen molar-refractivity contribution in [2.75, 3.05) is 25.9 Å². The van der Waals surface area contributed by atoms with Crippen molar-refractivity contribution in [2.45, 2.75) is 24.6 Å². The van der Waals surface area contributed by atoms with Gasteiger partial charge in [0.25, 0.3) is 0 Å². The molecule has 2 heterocycles. The first-order valence-electron chi connectivity index (χ1n) is 6.29. The van der Waals surface area contributed by atoms with E-state index in [1.807, 2.05) is 13.2 Å². The molecule has 1 aliphatic rings. The summed E-state index contributed by atoms with van der Waals surface area (Å²) in [6.07, 6.45) is 5.92. The van der Waals surface area contributed by atoms with Crippen molar-refractivity contribution >= 4 is 17.7 Å². The van der Waals surface area contributed by atoms with Gasteiger partial charge >= 0.3 is 0 Å². The quantitative estimate of drug-likeness (QED) is 0.831. The number of carbonyl (C=O) groups excluding carboxylic acids is 1. The number of nitrogens with one attached hydrogen (secondary N) is 2. The Morgan fingerprint density at radius 2 is 2.33 bits per heavy atom. The fraction of sp³-hybridized carbons (Fsp3) is 0.667. The molecule has 5 nitrogen and oxygen atoms in total. The fourth-order valence-electron chi connectivity index (χ4n) is 1.99. The first-order valence-corrected chi connectivity index (χ1v) is 7.34. The molecule has 0 atom stereocenters. The van der Waals surface area contributed by atoms with Gasteiger partial charge in [0.05, 0.1) is 11.9 Å². The van der Waals surface area contributed by atoms with Gasteiger partial charge in [0.2, 0.25) is 5.91 Å². The molecule has 0 radical (unpaired) electrons. The minimum Gasteiger partial charge on any atom is -0.341 e. The van der Waals surface area contributed by atoms with E-state index < -0.39 is 0 Å². The Hall–Kier alpha value is -1.01. The Balaban J connectivity index is 1.70. The van der Waals surface area contributed by atoms with Crippen LogP contribution >= 0.6 is 11.8 Å². The van der Waals surface area contributed by atoms with Crippen LogP contribution < -0.4 is 5.32 Å². The lowest BCUT2D eigenvalue weighted by Crippen LogP contribution is -2.32. The van der Waals surface area contributed by atoms with Gasteiger partial charge in [-0.15, -0.1) is 11.8 Å². The van der Waals surface area contributed by atoms with Crippen LogP contribution in [0.15, 0.2) is 12.4 Å². The summed E-state index contributed by atoms with van der Waals surface area (Å²) >= 11 is 1.79. The van der Waals surface area contributed by atoms with Crippen molar-refractivity contribution in [3.05, 3.63) is 18.0 Å². The zero-order chi connectivity index (χ0) is 12.8. The van der Waals surface area contributed by atoms with Gasteiger partial charge in [-0.05, 0) is 25.9 Å². The lowest BCUT2D eigenvalue weighted by molar-refractivity contribution is -0.127. The highest BCUT2D eigenvalue weighted by Crippen LogP contribution is 2.20. The Bertz CT molecular complexity index is 362. The van der Waals surface area contributed by atoms with Gasteiger partial charge in [-0.2, -0.15) is 5.10 Å². The minimum absolute atomic E-state index is 0.194. The molecule has 1 aliphatic heterocycles. The van der Waals surface area contributed by atoms with Crippen LogP contribution in [0, 0.1) is 0 Å². The average Bonchev–Trinajstić information content (AvgIpc) is 2.90. The number of H-pyrrole nitrogens is 1. The fourth-order valence-corrected chi connectivity index (χ4v) is 3.16. The van der Waals surface area contributed by atoms with Crippen LogP contribution in [0.2, 0.25) is 0 Å². The van der Waals surface area contributed by atoms with E-state index in [-0.39, 0.29) is 5.91 Å². The number of piperidine rings is 1. The average molecular weight is 268 g/mol. The Morgan fingerprint density at radius 1 is 1.56 bits per heavy atom. The number of amides is 1. The Labute approximate surface area is 112 Å². The van der Waals surface area contributed by atoms with Crippen molar-refractivity contribution in [1.82, 2.24) is 20.4 Å². The van der Waals surface area contributed by atoms with Gasteiger partial charge in [-0.1, -0.05) is 0 Å². The standard InChI is InChI=1S/C12H20N4OS/c1-16(8-10-6-14-15-7-10)12(17)9-18-11-2-4-13-5-3-11/h6-7,11,13H,2-5,8-9H2,1H3,(H,14,15). The van der Waals surface area contributed by atoms with Gasteiger partial charge in [0.15, 0.2) is 0 Å². The third kappa shape index (κ3) is 4.03. The van der Waals surface area contributed by atoms with E-state index in [4.69, 9.17) is 0 Å². The van der Waals surface area contributed by atoms with Crippen molar-refractivity contribution in [2.24, 2.45) is 0 Å². The maximum atomic E-state index is 12.0. The number of hydrogen-bond acceptors (Lipinski definition) is 4. The van der Waals surface area contributed by atoms with Gasteiger partial charge in [0.1, 0.15) is 0 Å². The summed E-state index contributed by atoms with van der Waals surface area (Å²) in [6.45, 7) is 2.79. The monoisotopic (exact) mass is 268 g/mol. The van der Waals surface area contributed by atoms with Crippen LogP contribution in [0.4, 0.5) is 0 Å². The number of aromatic amines is 1. The molecule has 2 rings (SSSR count). The number of nitrogens with zero attached hydrogens (tertiary/aromatic N) is 2. The molecule has 18 heavy (non-hydrogen) atoms. The van der Waals surface area contributed by atoms with Gasteiger partial charge < -0.3 is 10.2 Å². The van der Waals surface area contributed by atoms with Gasteiger partial charge in [-0.25, -0.2) is 0 Å². The molecule has 100 valence electrons. The van der Waals surface area contributed by atoms with E-state index in [0.29, 0.717) is 17.5 Å². The topological polar surface area (TPSA) is 61.0 Å². The zero-order valence-corrected chi connectivity index (χ0v) is 11.5. The zero-order valence-electron chi connectivity index (χ0n) is 10.7. The minimum atomic E-state index is 0.194. The largest absolute Gasteiger partial charge is 0.341 e. The number of carbonyl (C=O) groups is 1. The van der Waals surface area contributed by atoms with Gasteiger partial charge in [-0.3, -0.25) is 9.89 Å². The van der Waals surface area contributed by atoms with Crippen LogP contribution in [0.3, 0.4) is 0 Å². The second-order valence-electron chi connectivity index (χ2n) is 4.62. The summed E-state index contributed by atoms with van der Waals surface area (Å²) in [6, 6.07) is 0. The third-order valence-electron chi connectivity index (χ3n) is 3.13. The molecular weight excluding hydrogens is 248 g/mol. The van der Waals surface area contributed by atoms with Crippen LogP contribution in [-0.4, -0.2) is 52.1 Å². The lowest BCUT2D eigenvalue weighted by atomic mass is 10.2. The molecule has 1 saturated heterocycles. The van der Waals surface area contributed by atoms with E-state index in [0.717, 1.165) is 18.7 Å². The molecule has 0 saturated carbocycles. The van der Waals surface area contributed by atoms with E-state index >= 15 is 0 Å². The highest BCUT2D eigenvalue weighted by Gasteiger charge is 2.16. The molecule has 0 bridgehead atoms. The van der Waals surface area contributed by atoms with Crippen molar-refractivity contribution in [1.29, 1.82) is 0 Å². The SMILES string of the molecule is CN(Cc1cn[nH]c1)C(=O)CSC1CCNCC1. The van der Waals surface area contributed by atoms with Crippen LogP contribution in [0.1, 0.15) is 18.4 Å². The third-order valence-corrected chi connectivity index (χ3v) is 4.49. The van der Waals surface area contributed by atoms with E-state index in [1.165, 1.54) is 12.8 Å². The van der Waals surface area contributed by atoms with Crippen LogP contribution in [-0.2, 0) is 11.3 Å². The lowest BCUT2D eigenvalue weighted by Gasteiger charge is -2.23. The first-order chi connectivity index (χ1) is 8.75. The van der Waals surface area contributed by atoms with E-state index in [1.54, 1.807) is 22.9 Å². The summed E-state index contributed by atoms with van der Waals surface area (Å²) in [5, 5.41) is 10.6. The molecule has 1 amide bonds. The molecule has 1 aromatic rings. The second-order valence-corrected chi connectivity index (χ2v) is 5.91. The van der Waals surface area contributed by atoms with Crippen molar-refractivity contribution in [3.63, 3.8) is 0 Å². The maximum Gasteiger partial charge on any atom is 0.232 e. The summed E-state index contributed by atoms with van der Waals surface area (Å²) in [7, 11) is 1.85. The normalized spacial score (nSPS) is 16.7. The molecule has 1 aromatic heterocycles. The molecule has 0 spiro atoms. The maximum absolute atomic E-state index is 12.0. The molecule has 0 aromatic carbocycles. The smallest absolute Gasteiger partial charge is 0.232 e. The summed E-state index contributed by atoms with van der Waals surface area (Å²) in [5.74, 6) is 0.777. The molecule has 0 aliphatic carbocycles. The Kier molecular flexibility index (Phi) is 5.07. The highest BCUT2D eigenvalue weighted by molar-refractivity contribution is 8.00. The van der Waals surface area contributed by atoms with E-state index in [2.05, 4.69) is 15.5 Å². The molecule has 1 fully saturated rings. The van der Waals surface area contributed by atoms with Crippen LogP contribution in [0.5, 0.6) is 0 Å². The summed E-state index contributed by atoms with van der Waals surface area (Å²) in [4.78, 5) is 13.7. The summed E-state index contributed by atoms with van der Waals surface area (Å²) in [5.41, 5.74) is 1.04. The predicted molar refractivity (Wildman–Crippen MR) is 73.4 cm³/mol. The number of aromatic nitrogens is 2. The number of rotatable bonds is 5. The number of hydrogen-bond donors (Lipinski definition) is 2. The molecular formula is C12H20N4OS. The molecule has 6 heteroatoms. The molecule has 2 N–H and O–H groups in total. The highest BCUT2D eigenvalue weighted by atomic mass is 32.2. The van der Waals surface area contributed by atoms with Crippen molar-refractivity contribution < 1.29 is 4.79 Å². The Morgan fingerprint density at radius 3 is 3.00 bits per heavy atom. The number of thioether (sulfide) groups is 1. The predicted octanol–water partition coefficient (Wildman–Crippen LogP) is 0.853. The van der Waals surface area contributed by atoms with Gasteiger partial charge in [0, 0.05) is 30.6 Å². The van der Waals surface area contributed by atoms with Crippen LogP contribution in [0.25, 0.3) is 0 Å². The summed E-state index contributed by atoms with van der Waals surface area (Å²) < 4.78 is 0. The first kappa shape index (κ1) is 13.4. The second kappa shape index (κ2) is 6.80. The molecule has 0 unspecified atom stereocenters. The van der Waals surface area contributed by atoms with E-state index in [9.17, 15) is 4.79 Å².